The summed E-state index contributed by atoms with van der Waals surface area (Å²) in [6, 6.07) is 0. The molecule has 0 bridgehead atoms. The van der Waals surface area contributed by atoms with Crippen LogP contribution >= 0.6 is 0 Å². The highest BCUT2D eigenvalue weighted by atomic mass is 32.2. The summed E-state index contributed by atoms with van der Waals surface area (Å²) in [6.45, 7) is 6.97. The molecule has 0 aromatic heterocycles. The third kappa shape index (κ3) is 3.01. The molecule has 3 aliphatic carbocycles. The van der Waals surface area contributed by atoms with Crippen molar-refractivity contribution < 1.29 is 28.0 Å². The molecule has 2 fully saturated rings. The van der Waals surface area contributed by atoms with Crippen LogP contribution < -0.4 is 0 Å². The Morgan fingerprint density at radius 3 is 2.24 bits per heavy atom. The van der Waals surface area contributed by atoms with Crippen LogP contribution in [0.3, 0.4) is 0 Å². The van der Waals surface area contributed by atoms with Gasteiger partial charge in [-0.1, -0.05) is 25.9 Å². The molecule has 0 radical (unpaired) electrons. The van der Waals surface area contributed by atoms with E-state index in [2.05, 4.69) is 5.16 Å². The average molecular weight is 417 g/mol. The fourth-order valence-electron chi connectivity index (χ4n) is 4.58. The first-order valence-electron chi connectivity index (χ1n) is 9.78. The van der Waals surface area contributed by atoms with E-state index in [4.69, 9.17) is 4.84 Å². The minimum atomic E-state index is -2.53. The molecule has 0 aromatic carbocycles. The van der Waals surface area contributed by atoms with Crippen LogP contribution in [0.1, 0.15) is 40.5 Å². The van der Waals surface area contributed by atoms with E-state index in [1.54, 1.807) is 27.7 Å². The monoisotopic (exact) mass is 417 g/mol. The van der Waals surface area contributed by atoms with E-state index in [0.717, 1.165) is 6.42 Å². The maximum Gasteiger partial charge on any atom is 0.217 e. The molecule has 1 N–H and O–H groups in total. The highest BCUT2D eigenvalue weighted by Crippen LogP contribution is 2.46. The number of aliphatic hydroxyl groups excluding tert-OH is 1. The topological polar surface area (TPSA) is 110 Å². The summed E-state index contributed by atoms with van der Waals surface area (Å²) in [6.07, 6.45) is 2.66. The van der Waals surface area contributed by atoms with Gasteiger partial charge in [0.2, 0.25) is 10.3 Å². The molecule has 0 spiro atoms. The largest absolute Gasteiger partial charge is 0.506 e. The third-order valence-corrected chi connectivity index (χ3v) is 7.24. The summed E-state index contributed by atoms with van der Waals surface area (Å²) in [5, 5.41) is 15.1. The average Bonchev–Trinajstić information content (AvgIpc) is 3.32. The number of allylic oxidation sites excluding steroid dienone is 4. The lowest BCUT2D eigenvalue weighted by molar-refractivity contribution is -0.129. The number of carbonyl (C=O) groups is 2. The Bertz CT molecular complexity index is 1070. The van der Waals surface area contributed by atoms with Crippen LogP contribution in [0.15, 0.2) is 39.3 Å². The van der Waals surface area contributed by atoms with E-state index in [-0.39, 0.29) is 39.9 Å². The van der Waals surface area contributed by atoms with Crippen molar-refractivity contribution in [1.29, 1.82) is 0 Å². The van der Waals surface area contributed by atoms with E-state index in [9.17, 15) is 23.1 Å². The number of ketones is 2. The van der Waals surface area contributed by atoms with Gasteiger partial charge >= 0.3 is 0 Å². The molecule has 0 saturated heterocycles. The minimum Gasteiger partial charge on any atom is -0.506 e. The molecule has 5 unspecified atom stereocenters. The maximum atomic E-state index is 12.7. The molecule has 7 nitrogen and oxygen atoms in total. The zero-order valence-corrected chi connectivity index (χ0v) is 17.5. The second kappa shape index (κ2) is 6.79. The van der Waals surface area contributed by atoms with Crippen molar-refractivity contribution >= 4 is 32.4 Å². The first kappa shape index (κ1) is 19.8. The van der Waals surface area contributed by atoms with E-state index < -0.39 is 33.5 Å². The highest BCUT2D eigenvalue weighted by molar-refractivity contribution is 7.73. The molecule has 154 valence electrons. The molecule has 5 atom stereocenters. The van der Waals surface area contributed by atoms with Gasteiger partial charge in [0.25, 0.3) is 0 Å². The first-order valence-corrected chi connectivity index (χ1v) is 10.9. The summed E-state index contributed by atoms with van der Waals surface area (Å²) < 4.78 is 23.8. The van der Waals surface area contributed by atoms with Gasteiger partial charge in [0, 0.05) is 29.2 Å². The molecule has 4 aliphatic rings. The Hall–Kier alpha value is -2.48. The van der Waals surface area contributed by atoms with Crippen LogP contribution in [0.4, 0.5) is 0 Å². The number of nitrogens with zero attached hydrogens (tertiary/aromatic N) is 1. The number of Topliss-reactive ketones (excluding diaryl/α,β-unsaturated/α-hetero) is 2. The summed E-state index contributed by atoms with van der Waals surface area (Å²) in [5.41, 5.74) is 1.92. The molecule has 29 heavy (non-hydrogen) atoms. The molecule has 0 amide bonds. The second-order valence-corrected chi connectivity index (χ2v) is 9.35. The number of fused-ring (bicyclic) bond motifs is 1. The molecule has 8 heteroatoms. The number of rotatable bonds is 2. The van der Waals surface area contributed by atoms with Gasteiger partial charge < -0.3 is 9.94 Å². The number of carbonyl (C=O) groups excluding carboxylic acids is 2. The van der Waals surface area contributed by atoms with E-state index >= 15 is 0 Å². The molecule has 2 saturated carbocycles. The van der Waals surface area contributed by atoms with E-state index in [0.29, 0.717) is 23.3 Å². The minimum absolute atomic E-state index is 0.0307. The summed E-state index contributed by atoms with van der Waals surface area (Å²) in [5.74, 6) is -2.38. The van der Waals surface area contributed by atoms with Gasteiger partial charge in [-0.25, -0.2) is 0 Å². The Labute approximate surface area is 170 Å². The normalized spacial score (nSPS) is 33.9. The van der Waals surface area contributed by atoms with Crippen LogP contribution in [0.2, 0.25) is 0 Å². The fraction of sp³-hybridized carbons (Fsp3) is 0.524. The Kier molecular flexibility index (Phi) is 4.64. The zero-order chi connectivity index (χ0) is 21.2. The molecule has 4 rings (SSSR count). The number of hydrogen-bond acceptors (Lipinski definition) is 7. The van der Waals surface area contributed by atoms with Gasteiger partial charge in [-0.15, -0.1) is 0 Å². The Morgan fingerprint density at radius 1 is 1.14 bits per heavy atom. The van der Waals surface area contributed by atoms with Gasteiger partial charge in [-0.3, -0.25) is 9.59 Å². The fourth-order valence-corrected chi connectivity index (χ4v) is 5.20. The van der Waals surface area contributed by atoms with Crippen LogP contribution in [-0.2, 0) is 24.7 Å². The second-order valence-electron chi connectivity index (χ2n) is 8.41. The van der Waals surface area contributed by atoms with Gasteiger partial charge in [-0.2, -0.15) is 8.42 Å². The molecule has 0 aromatic rings. The van der Waals surface area contributed by atoms with Gasteiger partial charge in [0.15, 0.2) is 11.6 Å². The SMILES string of the molecule is CC1=C(C2=NOC3CC23)C(C)C(=S(=O)=O)C=C1C(O)=C1C(=O)C(C)CC(C)C1=O. The van der Waals surface area contributed by atoms with Gasteiger partial charge in [0.05, 0.1) is 10.6 Å². The summed E-state index contributed by atoms with van der Waals surface area (Å²) in [4.78, 5) is 30.8. The third-order valence-electron chi connectivity index (χ3n) is 6.38. The quantitative estimate of drug-likeness (QED) is 0.320. The summed E-state index contributed by atoms with van der Waals surface area (Å²) in [7, 11) is -2.53. The van der Waals surface area contributed by atoms with Crippen molar-refractivity contribution in [1.82, 2.24) is 0 Å². The predicted octanol–water partition coefficient (Wildman–Crippen LogP) is 2.33. The van der Waals surface area contributed by atoms with Crippen molar-refractivity contribution in [2.45, 2.75) is 46.6 Å². The predicted molar refractivity (Wildman–Crippen MR) is 107 cm³/mol. The number of aliphatic hydroxyl groups is 1. The molecule has 1 heterocycles. The highest BCUT2D eigenvalue weighted by Gasteiger charge is 2.51. The van der Waals surface area contributed by atoms with Crippen molar-refractivity contribution in [3.05, 3.63) is 34.1 Å². The Morgan fingerprint density at radius 2 is 1.76 bits per heavy atom. The first-order chi connectivity index (χ1) is 13.6. The number of hydrogen-bond donors (Lipinski definition) is 1. The maximum absolute atomic E-state index is 12.7. The summed E-state index contributed by atoms with van der Waals surface area (Å²) >= 11 is 0. The molecular formula is C21H23NO6S. The lowest BCUT2D eigenvalue weighted by Crippen LogP contribution is -2.34. The standard InChI is InChI=1S/C21H23NO6S/c1-8-5-9(2)20(24)17(19(8)23)21(25)12-7-15(29(26)27)11(4)16(10(12)3)18-13-6-14(13)28-22-18/h7-9,11,13-14,25H,5-6H2,1-4H3. The molecule has 1 aliphatic heterocycles. The van der Waals surface area contributed by atoms with E-state index in [1.807, 2.05) is 0 Å². The Balaban J connectivity index is 1.92. The number of oxime groups is 1. The van der Waals surface area contributed by atoms with E-state index in [1.165, 1.54) is 6.08 Å². The lowest BCUT2D eigenvalue weighted by atomic mass is 9.75. The van der Waals surface area contributed by atoms with Gasteiger partial charge in [-0.05, 0) is 37.0 Å². The smallest absolute Gasteiger partial charge is 0.217 e. The van der Waals surface area contributed by atoms with Crippen LogP contribution in [0, 0.1) is 23.7 Å². The zero-order valence-electron chi connectivity index (χ0n) is 16.7. The van der Waals surface area contributed by atoms with Crippen molar-refractivity contribution in [3.63, 3.8) is 0 Å². The van der Waals surface area contributed by atoms with Crippen LogP contribution in [0.25, 0.3) is 0 Å². The molecular weight excluding hydrogens is 394 g/mol. The van der Waals surface area contributed by atoms with Crippen LogP contribution in [0.5, 0.6) is 0 Å². The van der Waals surface area contributed by atoms with Crippen molar-refractivity contribution in [3.8, 4) is 0 Å². The van der Waals surface area contributed by atoms with Crippen LogP contribution in [-0.4, -0.2) is 41.8 Å². The van der Waals surface area contributed by atoms with Gasteiger partial charge in [0.1, 0.15) is 17.4 Å². The van der Waals surface area contributed by atoms with Crippen molar-refractivity contribution in [2.75, 3.05) is 0 Å². The van der Waals surface area contributed by atoms with Crippen molar-refractivity contribution in [2.24, 2.45) is 28.8 Å². The lowest BCUT2D eigenvalue weighted by Gasteiger charge is -2.28.